The van der Waals surface area contributed by atoms with Crippen LogP contribution < -0.4 is 0 Å². The Kier molecular flexibility index (Phi) is 6.96. The molecule has 0 aliphatic rings. The number of rotatable bonds is 7. The summed E-state index contributed by atoms with van der Waals surface area (Å²) in [4.78, 5) is 0. The van der Waals surface area contributed by atoms with Crippen LogP contribution in [0, 0.1) is 17.8 Å². The topological polar surface area (TPSA) is 0 Å². The Bertz CT molecular complexity index is 155. The van der Waals surface area contributed by atoms with Gasteiger partial charge in [-0.25, -0.2) is 0 Å². The van der Waals surface area contributed by atoms with Crippen LogP contribution in [-0.2, 0) is 0 Å². The number of hydrogen-bond acceptors (Lipinski definition) is 0. The predicted octanol–water partition coefficient (Wildman–Crippen LogP) is 5.05. The van der Waals surface area contributed by atoms with Crippen LogP contribution in [0.25, 0.3) is 0 Å². The Hall–Kier alpha value is -0.260. The average molecular weight is 196 g/mol. The third-order valence-electron chi connectivity index (χ3n) is 2.72. The molecule has 0 aromatic rings. The SMILES string of the molecule is C=C(C)CC(C)CCC(C)CC(C)C. The monoisotopic (exact) mass is 196 g/mol. The van der Waals surface area contributed by atoms with E-state index in [1.807, 2.05) is 0 Å². The van der Waals surface area contributed by atoms with Crippen molar-refractivity contribution >= 4 is 0 Å². The fourth-order valence-electron chi connectivity index (χ4n) is 2.19. The molecule has 14 heavy (non-hydrogen) atoms. The van der Waals surface area contributed by atoms with E-state index in [0.29, 0.717) is 0 Å². The summed E-state index contributed by atoms with van der Waals surface area (Å²) >= 11 is 0. The zero-order valence-electron chi connectivity index (χ0n) is 10.8. The van der Waals surface area contributed by atoms with Gasteiger partial charge in [0.1, 0.15) is 0 Å². The molecule has 0 aliphatic heterocycles. The molecule has 0 aromatic carbocycles. The van der Waals surface area contributed by atoms with E-state index in [2.05, 4.69) is 41.2 Å². The lowest BCUT2D eigenvalue weighted by atomic mass is 9.89. The molecule has 0 saturated carbocycles. The minimum atomic E-state index is 0.821. The van der Waals surface area contributed by atoms with Crippen LogP contribution in [-0.4, -0.2) is 0 Å². The molecular weight excluding hydrogens is 168 g/mol. The summed E-state index contributed by atoms with van der Waals surface area (Å²) in [6.07, 6.45) is 5.32. The van der Waals surface area contributed by atoms with Crippen molar-refractivity contribution < 1.29 is 0 Å². The first-order valence-electron chi connectivity index (χ1n) is 6.06. The fraction of sp³-hybridized carbons (Fsp3) is 0.857. The van der Waals surface area contributed by atoms with Crippen LogP contribution in [0.1, 0.15) is 60.3 Å². The van der Waals surface area contributed by atoms with Gasteiger partial charge >= 0.3 is 0 Å². The lowest BCUT2D eigenvalue weighted by molar-refractivity contribution is 0.371. The van der Waals surface area contributed by atoms with E-state index >= 15 is 0 Å². The van der Waals surface area contributed by atoms with E-state index in [-0.39, 0.29) is 0 Å². The molecule has 0 heteroatoms. The molecule has 0 radical (unpaired) electrons. The summed E-state index contributed by atoms with van der Waals surface area (Å²) in [5.74, 6) is 2.56. The minimum Gasteiger partial charge on any atom is -0.100 e. The second kappa shape index (κ2) is 7.09. The predicted molar refractivity (Wildman–Crippen MR) is 66.4 cm³/mol. The summed E-state index contributed by atoms with van der Waals surface area (Å²) in [6, 6.07) is 0. The highest BCUT2D eigenvalue weighted by Crippen LogP contribution is 2.22. The summed E-state index contributed by atoms with van der Waals surface area (Å²) < 4.78 is 0. The second-order valence-electron chi connectivity index (χ2n) is 5.58. The summed E-state index contributed by atoms with van der Waals surface area (Å²) in [7, 11) is 0. The maximum Gasteiger partial charge on any atom is -0.0300 e. The van der Waals surface area contributed by atoms with Gasteiger partial charge in [-0.15, -0.1) is 6.58 Å². The molecule has 0 bridgehead atoms. The fourth-order valence-corrected chi connectivity index (χ4v) is 2.19. The molecule has 0 aliphatic carbocycles. The first kappa shape index (κ1) is 13.7. The van der Waals surface area contributed by atoms with E-state index < -0.39 is 0 Å². The smallest absolute Gasteiger partial charge is 0.0300 e. The van der Waals surface area contributed by atoms with Crippen LogP contribution in [0.4, 0.5) is 0 Å². The molecule has 0 rings (SSSR count). The van der Waals surface area contributed by atoms with Gasteiger partial charge in [-0.2, -0.15) is 0 Å². The van der Waals surface area contributed by atoms with Crippen molar-refractivity contribution in [2.45, 2.75) is 60.3 Å². The first-order chi connectivity index (χ1) is 6.41. The van der Waals surface area contributed by atoms with Gasteiger partial charge in [0.15, 0.2) is 0 Å². The Morgan fingerprint density at radius 2 is 1.50 bits per heavy atom. The molecule has 0 fully saturated rings. The Morgan fingerprint density at radius 1 is 1.00 bits per heavy atom. The third kappa shape index (κ3) is 8.34. The standard InChI is InChI=1S/C14H28/c1-11(2)9-13(5)7-8-14(6)10-12(3)4/h12-14H,1,7-10H2,2-6H3. The Labute approximate surface area is 90.8 Å². The van der Waals surface area contributed by atoms with E-state index in [0.717, 1.165) is 17.8 Å². The van der Waals surface area contributed by atoms with Crippen molar-refractivity contribution in [3.63, 3.8) is 0 Å². The van der Waals surface area contributed by atoms with Crippen LogP contribution in [0.5, 0.6) is 0 Å². The van der Waals surface area contributed by atoms with Crippen molar-refractivity contribution in [2.75, 3.05) is 0 Å². The molecule has 0 N–H and O–H groups in total. The molecular formula is C14H28. The van der Waals surface area contributed by atoms with E-state index in [9.17, 15) is 0 Å². The molecule has 2 atom stereocenters. The minimum absolute atomic E-state index is 0.821. The summed E-state index contributed by atoms with van der Waals surface area (Å²) in [6.45, 7) is 15.5. The summed E-state index contributed by atoms with van der Waals surface area (Å²) in [5, 5.41) is 0. The molecule has 0 saturated heterocycles. The normalized spacial score (nSPS) is 15.6. The van der Waals surface area contributed by atoms with Gasteiger partial charge in [0.05, 0.1) is 0 Å². The van der Waals surface area contributed by atoms with Crippen molar-refractivity contribution in [3.05, 3.63) is 12.2 Å². The van der Waals surface area contributed by atoms with Gasteiger partial charge in [0.2, 0.25) is 0 Å². The van der Waals surface area contributed by atoms with Gasteiger partial charge in [-0.1, -0.05) is 46.1 Å². The van der Waals surface area contributed by atoms with Crippen molar-refractivity contribution in [1.82, 2.24) is 0 Å². The van der Waals surface area contributed by atoms with Crippen molar-refractivity contribution in [3.8, 4) is 0 Å². The third-order valence-corrected chi connectivity index (χ3v) is 2.72. The molecule has 0 nitrogen and oxygen atoms in total. The first-order valence-corrected chi connectivity index (χ1v) is 6.06. The van der Waals surface area contributed by atoms with Crippen LogP contribution >= 0.6 is 0 Å². The second-order valence-corrected chi connectivity index (χ2v) is 5.58. The van der Waals surface area contributed by atoms with E-state index in [1.165, 1.54) is 31.3 Å². The maximum atomic E-state index is 3.97. The Balaban J connectivity index is 3.55. The lowest BCUT2D eigenvalue weighted by Gasteiger charge is -2.17. The van der Waals surface area contributed by atoms with Gasteiger partial charge in [0, 0.05) is 0 Å². The highest BCUT2D eigenvalue weighted by atomic mass is 14.1. The molecule has 0 aromatic heterocycles. The lowest BCUT2D eigenvalue weighted by Crippen LogP contribution is -2.03. The maximum absolute atomic E-state index is 3.97. The summed E-state index contributed by atoms with van der Waals surface area (Å²) in [5.41, 5.74) is 1.33. The molecule has 84 valence electrons. The molecule has 0 spiro atoms. The van der Waals surface area contributed by atoms with Gasteiger partial charge < -0.3 is 0 Å². The largest absolute Gasteiger partial charge is 0.100 e. The van der Waals surface area contributed by atoms with Crippen LogP contribution in [0.3, 0.4) is 0 Å². The molecule has 0 heterocycles. The van der Waals surface area contributed by atoms with Gasteiger partial charge in [-0.05, 0) is 37.5 Å². The van der Waals surface area contributed by atoms with Crippen molar-refractivity contribution in [1.29, 1.82) is 0 Å². The number of allylic oxidation sites excluding steroid dienone is 1. The number of hydrogen-bond donors (Lipinski definition) is 0. The quantitative estimate of drug-likeness (QED) is 0.500. The van der Waals surface area contributed by atoms with E-state index in [1.54, 1.807) is 0 Å². The van der Waals surface area contributed by atoms with E-state index in [4.69, 9.17) is 0 Å². The molecule has 2 unspecified atom stereocenters. The van der Waals surface area contributed by atoms with Crippen LogP contribution in [0.15, 0.2) is 12.2 Å². The zero-order valence-corrected chi connectivity index (χ0v) is 10.8. The average Bonchev–Trinajstić information content (AvgIpc) is 1.98. The Morgan fingerprint density at radius 3 is 1.93 bits per heavy atom. The zero-order chi connectivity index (χ0) is 11.1. The van der Waals surface area contributed by atoms with Crippen molar-refractivity contribution in [2.24, 2.45) is 17.8 Å². The van der Waals surface area contributed by atoms with Gasteiger partial charge in [-0.3, -0.25) is 0 Å². The van der Waals surface area contributed by atoms with Gasteiger partial charge in [0.25, 0.3) is 0 Å². The molecule has 0 amide bonds. The highest BCUT2D eigenvalue weighted by molar-refractivity contribution is 4.89. The highest BCUT2D eigenvalue weighted by Gasteiger charge is 2.08. The van der Waals surface area contributed by atoms with Crippen LogP contribution in [0.2, 0.25) is 0 Å².